The highest BCUT2D eigenvalue weighted by atomic mass is 19.1. The Labute approximate surface area is 117 Å². The van der Waals surface area contributed by atoms with Gasteiger partial charge in [0.25, 0.3) is 0 Å². The van der Waals surface area contributed by atoms with Crippen LogP contribution in [0.2, 0.25) is 0 Å². The summed E-state index contributed by atoms with van der Waals surface area (Å²) in [5, 5.41) is 14.2. The number of rotatable bonds is 2. The lowest BCUT2D eigenvalue weighted by molar-refractivity contribution is 0.248. The third-order valence-electron chi connectivity index (χ3n) is 3.22. The van der Waals surface area contributed by atoms with E-state index in [0.717, 1.165) is 25.7 Å². The van der Waals surface area contributed by atoms with Crippen LogP contribution >= 0.6 is 0 Å². The van der Waals surface area contributed by atoms with E-state index in [1.165, 1.54) is 18.2 Å². The monoisotopic (exact) mass is 276 g/mol. The predicted octanol–water partition coefficient (Wildman–Crippen LogP) is 2.23. The van der Waals surface area contributed by atoms with Crippen LogP contribution in [0.25, 0.3) is 0 Å². The lowest BCUT2D eigenvalue weighted by Crippen LogP contribution is -2.36. The first-order chi connectivity index (χ1) is 9.69. The van der Waals surface area contributed by atoms with E-state index in [2.05, 4.69) is 22.5 Å². The standard InChI is InChI=1S/C15H17FN2O2/c16-14-8-7-13(10-11(14)4-3-9-19)18-15(20)17-12-5-1-2-6-12/h7-8,10,12,19H,1-2,5-6,9H2,(H2,17,18,20). The zero-order valence-corrected chi connectivity index (χ0v) is 11.1. The molecule has 2 rings (SSSR count). The van der Waals surface area contributed by atoms with Crippen molar-refractivity contribution in [1.82, 2.24) is 5.32 Å². The molecular weight excluding hydrogens is 259 g/mol. The molecule has 1 fully saturated rings. The van der Waals surface area contributed by atoms with Gasteiger partial charge >= 0.3 is 6.03 Å². The average Bonchev–Trinajstić information content (AvgIpc) is 2.92. The third-order valence-corrected chi connectivity index (χ3v) is 3.22. The van der Waals surface area contributed by atoms with Gasteiger partial charge in [0.15, 0.2) is 0 Å². The van der Waals surface area contributed by atoms with Crippen molar-refractivity contribution in [2.75, 3.05) is 11.9 Å². The molecule has 1 saturated carbocycles. The van der Waals surface area contributed by atoms with Gasteiger partial charge in [-0.15, -0.1) is 0 Å². The number of benzene rings is 1. The molecule has 1 aromatic rings. The highest BCUT2D eigenvalue weighted by Gasteiger charge is 2.17. The number of urea groups is 1. The number of halogens is 1. The molecule has 0 aliphatic heterocycles. The van der Waals surface area contributed by atoms with Gasteiger partial charge in [-0.25, -0.2) is 9.18 Å². The molecule has 0 atom stereocenters. The summed E-state index contributed by atoms with van der Waals surface area (Å²) in [6.45, 7) is -0.334. The van der Waals surface area contributed by atoms with Crippen molar-refractivity contribution in [2.45, 2.75) is 31.7 Å². The van der Waals surface area contributed by atoms with Crippen LogP contribution in [-0.2, 0) is 0 Å². The minimum absolute atomic E-state index is 0.151. The van der Waals surface area contributed by atoms with Crippen molar-refractivity contribution in [3.05, 3.63) is 29.6 Å². The molecule has 2 amide bonds. The van der Waals surface area contributed by atoms with E-state index in [1.54, 1.807) is 0 Å². The Morgan fingerprint density at radius 3 is 2.85 bits per heavy atom. The summed E-state index contributed by atoms with van der Waals surface area (Å²) in [5.41, 5.74) is 0.627. The Balaban J connectivity index is 1.99. The molecule has 20 heavy (non-hydrogen) atoms. The van der Waals surface area contributed by atoms with Crippen molar-refractivity contribution >= 4 is 11.7 Å². The lowest BCUT2D eigenvalue weighted by atomic mass is 10.2. The third kappa shape index (κ3) is 3.97. The van der Waals surface area contributed by atoms with E-state index in [9.17, 15) is 9.18 Å². The molecule has 1 aliphatic rings. The smallest absolute Gasteiger partial charge is 0.319 e. The molecule has 5 heteroatoms. The van der Waals surface area contributed by atoms with Gasteiger partial charge in [0.05, 0.1) is 5.56 Å². The Kier molecular flexibility index (Phi) is 4.97. The molecule has 4 nitrogen and oxygen atoms in total. The second kappa shape index (κ2) is 6.92. The van der Waals surface area contributed by atoms with Gasteiger partial charge in [0, 0.05) is 11.7 Å². The highest BCUT2D eigenvalue weighted by Crippen LogP contribution is 2.18. The molecule has 3 N–H and O–H groups in total. The van der Waals surface area contributed by atoms with Crippen LogP contribution in [0, 0.1) is 17.7 Å². The molecule has 0 bridgehead atoms. The van der Waals surface area contributed by atoms with Crippen LogP contribution in [0.1, 0.15) is 31.2 Å². The van der Waals surface area contributed by atoms with Gasteiger partial charge in [-0.2, -0.15) is 0 Å². The van der Waals surface area contributed by atoms with Crippen LogP contribution in [0.5, 0.6) is 0 Å². The molecule has 0 aromatic heterocycles. The molecule has 0 unspecified atom stereocenters. The fourth-order valence-electron chi connectivity index (χ4n) is 2.26. The largest absolute Gasteiger partial charge is 0.384 e. The second-order valence-electron chi connectivity index (χ2n) is 4.73. The summed E-state index contributed by atoms with van der Waals surface area (Å²) in [6, 6.07) is 4.11. The zero-order valence-electron chi connectivity index (χ0n) is 11.1. The maximum atomic E-state index is 13.4. The number of anilines is 1. The normalized spacial score (nSPS) is 14.5. The van der Waals surface area contributed by atoms with Crippen molar-refractivity contribution in [1.29, 1.82) is 0 Å². The number of hydrogen-bond donors (Lipinski definition) is 3. The quantitative estimate of drug-likeness (QED) is 0.725. The van der Waals surface area contributed by atoms with Gasteiger partial charge in [-0.05, 0) is 31.0 Å². The van der Waals surface area contributed by atoms with Gasteiger partial charge in [-0.1, -0.05) is 24.7 Å². The fourth-order valence-corrected chi connectivity index (χ4v) is 2.26. The predicted molar refractivity (Wildman–Crippen MR) is 74.8 cm³/mol. The molecule has 0 radical (unpaired) electrons. The highest BCUT2D eigenvalue weighted by molar-refractivity contribution is 5.89. The Hall–Kier alpha value is -2.06. The number of aliphatic hydroxyl groups excluding tert-OH is 1. The second-order valence-corrected chi connectivity index (χ2v) is 4.73. The molecule has 106 valence electrons. The molecule has 1 aliphatic carbocycles. The Morgan fingerprint density at radius 2 is 2.15 bits per heavy atom. The fraction of sp³-hybridized carbons (Fsp3) is 0.400. The number of amides is 2. The summed E-state index contributed by atoms with van der Waals surface area (Å²) in [4.78, 5) is 11.8. The van der Waals surface area contributed by atoms with E-state index >= 15 is 0 Å². The van der Waals surface area contributed by atoms with E-state index in [1.807, 2.05) is 0 Å². The van der Waals surface area contributed by atoms with Crippen LogP contribution in [0.15, 0.2) is 18.2 Å². The molecule has 0 saturated heterocycles. The first-order valence-corrected chi connectivity index (χ1v) is 6.66. The summed E-state index contributed by atoms with van der Waals surface area (Å²) in [5.74, 6) is 4.41. The van der Waals surface area contributed by atoms with Crippen molar-refractivity contribution in [3.63, 3.8) is 0 Å². The lowest BCUT2D eigenvalue weighted by Gasteiger charge is -2.13. The minimum Gasteiger partial charge on any atom is -0.384 e. The molecule has 1 aromatic carbocycles. The number of nitrogens with one attached hydrogen (secondary N) is 2. The van der Waals surface area contributed by atoms with E-state index in [4.69, 9.17) is 5.11 Å². The maximum Gasteiger partial charge on any atom is 0.319 e. The van der Waals surface area contributed by atoms with Crippen molar-refractivity contribution in [3.8, 4) is 11.8 Å². The topological polar surface area (TPSA) is 61.4 Å². The van der Waals surface area contributed by atoms with Gasteiger partial charge < -0.3 is 15.7 Å². The van der Waals surface area contributed by atoms with Gasteiger partial charge in [-0.3, -0.25) is 0 Å². The summed E-state index contributed by atoms with van der Waals surface area (Å²) >= 11 is 0. The van der Waals surface area contributed by atoms with E-state index < -0.39 is 5.82 Å². The van der Waals surface area contributed by atoms with Crippen LogP contribution in [-0.4, -0.2) is 23.8 Å². The average molecular weight is 276 g/mol. The first-order valence-electron chi connectivity index (χ1n) is 6.66. The molecular formula is C15H17FN2O2. The van der Waals surface area contributed by atoms with Crippen LogP contribution in [0.3, 0.4) is 0 Å². The SMILES string of the molecule is O=C(Nc1ccc(F)c(C#CCO)c1)NC1CCCC1. The Morgan fingerprint density at radius 1 is 1.40 bits per heavy atom. The van der Waals surface area contributed by atoms with Crippen molar-refractivity contribution in [2.24, 2.45) is 0 Å². The number of carbonyl (C=O) groups is 1. The molecule has 0 spiro atoms. The minimum atomic E-state index is -0.479. The number of aliphatic hydroxyl groups is 1. The zero-order chi connectivity index (χ0) is 14.4. The van der Waals surface area contributed by atoms with E-state index in [-0.39, 0.29) is 24.2 Å². The van der Waals surface area contributed by atoms with Crippen LogP contribution in [0.4, 0.5) is 14.9 Å². The van der Waals surface area contributed by atoms with Crippen molar-refractivity contribution < 1.29 is 14.3 Å². The van der Waals surface area contributed by atoms with E-state index in [0.29, 0.717) is 5.69 Å². The van der Waals surface area contributed by atoms with Gasteiger partial charge in [0.2, 0.25) is 0 Å². The Bertz CT molecular complexity index is 543. The number of hydrogen-bond acceptors (Lipinski definition) is 2. The summed E-state index contributed by atoms with van der Waals surface area (Å²) in [7, 11) is 0. The number of carbonyl (C=O) groups excluding carboxylic acids is 1. The summed E-state index contributed by atoms with van der Waals surface area (Å²) in [6.07, 6.45) is 4.29. The summed E-state index contributed by atoms with van der Waals surface area (Å²) < 4.78 is 13.4. The molecule has 0 heterocycles. The van der Waals surface area contributed by atoms with Crippen LogP contribution < -0.4 is 10.6 Å². The maximum absolute atomic E-state index is 13.4. The van der Waals surface area contributed by atoms with Gasteiger partial charge in [0.1, 0.15) is 12.4 Å². The first kappa shape index (κ1) is 14.4.